The Morgan fingerprint density at radius 1 is 1.35 bits per heavy atom. The Labute approximate surface area is 113 Å². The normalized spacial score (nSPS) is 19.8. The van der Waals surface area contributed by atoms with Crippen LogP contribution in [0.15, 0.2) is 40.3 Å². The van der Waals surface area contributed by atoms with Gasteiger partial charge in [-0.2, -0.15) is 0 Å². The van der Waals surface area contributed by atoms with Crippen molar-refractivity contribution in [2.24, 2.45) is 0 Å². The van der Waals surface area contributed by atoms with Gasteiger partial charge in [-0.1, -0.05) is 6.07 Å². The molecule has 1 atom stereocenters. The summed E-state index contributed by atoms with van der Waals surface area (Å²) in [6.45, 7) is 1.11. The molecule has 0 radical (unpaired) electrons. The maximum Gasteiger partial charge on any atom is 0.129 e. The van der Waals surface area contributed by atoms with Crippen LogP contribution in [0.25, 0.3) is 0 Å². The van der Waals surface area contributed by atoms with Gasteiger partial charge in [0.05, 0.1) is 6.04 Å². The van der Waals surface area contributed by atoms with Gasteiger partial charge in [-0.25, -0.2) is 4.98 Å². The minimum Gasteiger partial charge on any atom is -0.349 e. The highest BCUT2D eigenvalue weighted by Gasteiger charge is 2.27. The number of hydrogen-bond acceptors (Lipinski definition) is 3. The second-order valence-corrected chi connectivity index (χ2v) is 6.10. The number of thiophene rings is 1. The molecular formula is C13H13BrN2S. The number of halogens is 1. The van der Waals surface area contributed by atoms with Gasteiger partial charge in [0, 0.05) is 22.1 Å². The summed E-state index contributed by atoms with van der Waals surface area (Å²) in [5.74, 6) is 1.09. The van der Waals surface area contributed by atoms with Crippen molar-refractivity contribution in [2.45, 2.75) is 18.9 Å². The van der Waals surface area contributed by atoms with Crippen molar-refractivity contribution in [3.8, 4) is 0 Å². The van der Waals surface area contributed by atoms with Crippen LogP contribution >= 0.6 is 27.3 Å². The summed E-state index contributed by atoms with van der Waals surface area (Å²) < 4.78 is 1.04. The van der Waals surface area contributed by atoms with E-state index in [1.54, 1.807) is 0 Å². The van der Waals surface area contributed by atoms with Crippen molar-refractivity contribution in [3.63, 3.8) is 0 Å². The second kappa shape index (κ2) is 4.78. The summed E-state index contributed by atoms with van der Waals surface area (Å²) in [5, 5.41) is 2.15. The van der Waals surface area contributed by atoms with Gasteiger partial charge < -0.3 is 4.90 Å². The Morgan fingerprint density at radius 2 is 2.29 bits per heavy atom. The first-order valence-electron chi connectivity index (χ1n) is 5.76. The van der Waals surface area contributed by atoms with Crippen molar-refractivity contribution in [3.05, 3.63) is 45.2 Å². The van der Waals surface area contributed by atoms with Gasteiger partial charge in [0.2, 0.25) is 0 Å². The minimum absolute atomic E-state index is 0.517. The van der Waals surface area contributed by atoms with E-state index in [-0.39, 0.29) is 0 Å². The molecule has 1 fully saturated rings. The molecule has 1 aliphatic heterocycles. The van der Waals surface area contributed by atoms with E-state index in [4.69, 9.17) is 0 Å². The molecule has 0 aromatic carbocycles. The Bertz CT molecular complexity index is 481. The van der Waals surface area contributed by atoms with E-state index in [1.165, 1.54) is 17.7 Å². The van der Waals surface area contributed by atoms with Crippen LogP contribution in [0.2, 0.25) is 0 Å². The Morgan fingerprint density at radius 3 is 3.00 bits per heavy atom. The lowest BCUT2D eigenvalue weighted by molar-refractivity contribution is 0.725. The fourth-order valence-electron chi connectivity index (χ4n) is 2.36. The van der Waals surface area contributed by atoms with E-state index in [9.17, 15) is 0 Å². The lowest BCUT2D eigenvalue weighted by Crippen LogP contribution is -2.22. The molecule has 0 amide bonds. The molecular weight excluding hydrogens is 296 g/mol. The largest absolute Gasteiger partial charge is 0.349 e. The molecule has 3 rings (SSSR count). The maximum atomic E-state index is 4.50. The van der Waals surface area contributed by atoms with E-state index in [0.29, 0.717) is 6.04 Å². The smallest absolute Gasteiger partial charge is 0.129 e. The average Bonchev–Trinajstić information content (AvgIpc) is 3.00. The number of hydrogen-bond donors (Lipinski definition) is 0. The van der Waals surface area contributed by atoms with Crippen molar-refractivity contribution in [2.75, 3.05) is 11.4 Å². The van der Waals surface area contributed by atoms with Crippen LogP contribution < -0.4 is 4.90 Å². The van der Waals surface area contributed by atoms with Crippen LogP contribution in [-0.2, 0) is 0 Å². The van der Waals surface area contributed by atoms with Crippen molar-refractivity contribution in [1.29, 1.82) is 0 Å². The molecule has 0 saturated carbocycles. The van der Waals surface area contributed by atoms with Gasteiger partial charge in [-0.15, -0.1) is 11.3 Å². The third-order valence-electron chi connectivity index (χ3n) is 3.13. The summed E-state index contributed by atoms with van der Waals surface area (Å²) >= 11 is 5.27. The molecule has 1 unspecified atom stereocenters. The molecule has 4 heteroatoms. The number of aromatic nitrogens is 1. The molecule has 0 spiro atoms. The van der Waals surface area contributed by atoms with Gasteiger partial charge in [0.25, 0.3) is 0 Å². The van der Waals surface area contributed by atoms with Crippen LogP contribution in [0.4, 0.5) is 5.82 Å². The van der Waals surface area contributed by atoms with Gasteiger partial charge in [0.15, 0.2) is 0 Å². The highest BCUT2D eigenvalue weighted by Crippen LogP contribution is 2.37. The Kier molecular flexibility index (Phi) is 3.16. The first kappa shape index (κ1) is 11.2. The monoisotopic (exact) mass is 308 g/mol. The topological polar surface area (TPSA) is 16.1 Å². The summed E-state index contributed by atoms with van der Waals surface area (Å²) in [4.78, 5) is 8.37. The second-order valence-electron chi connectivity index (χ2n) is 4.20. The highest BCUT2D eigenvalue weighted by molar-refractivity contribution is 9.10. The van der Waals surface area contributed by atoms with Crippen LogP contribution in [0.3, 0.4) is 0 Å². The van der Waals surface area contributed by atoms with E-state index in [1.807, 2.05) is 17.5 Å². The van der Waals surface area contributed by atoms with E-state index < -0.39 is 0 Å². The quantitative estimate of drug-likeness (QED) is 0.824. The highest BCUT2D eigenvalue weighted by atomic mass is 79.9. The number of anilines is 1. The van der Waals surface area contributed by atoms with Crippen molar-refractivity contribution < 1.29 is 0 Å². The van der Waals surface area contributed by atoms with Crippen molar-refractivity contribution >= 4 is 33.1 Å². The number of nitrogens with zero attached hydrogens (tertiary/aromatic N) is 2. The van der Waals surface area contributed by atoms with Crippen LogP contribution in [0.5, 0.6) is 0 Å². The number of rotatable bonds is 2. The Hall–Kier alpha value is -0.870. The lowest BCUT2D eigenvalue weighted by Gasteiger charge is -2.24. The molecule has 1 aliphatic rings. The molecule has 2 nitrogen and oxygen atoms in total. The molecule has 2 aromatic rings. The van der Waals surface area contributed by atoms with Crippen LogP contribution in [0.1, 0.15) is 23.8 Å². The average molecular weight is 309 g/mol. The third-order valence-corrected chi connectivity index (χ3v) is 4.57. The molecule has 0 aliphatic carbocycles. The zero-order chi connectivity index (χ0) is 11.7. The molecule has 0 bridgehead atoms. The standard InChI is InChI=1S/C13H13BrN2S/c14-10-5-6-13(15-9-10)16-7-1-3-11(16)12-4-2-8-17-12/h2,4-6,8-9,11H,1,3,7H2. The summed E-state index contributed by atoms with van der Waals surface area (Å²) in [5.41, 5.74) is 0. The molecule has 2 aromatic heterocycles. The van der Waals surface area contributed by atoms with Gasteiger partial charge in [-0.3, -0.25) is 0 Å². The molecule has 1 saturated heterocycles. The SMILES string of the molecule is Brc1ccc(N2CCCC2c2cccs2)nc1. The molecule has 3 heterocycles. The zero-order valence-corrected chi connectivity index (χ0v) is 11.7. The predicted molar refractivity (Wildman–Crippen MR) is 75.6 cm³/mol. The summed E-state index contributed by atoms with van der Waals surface area (Å²) in [6.07, 6.45) is 4.36. The Balaban J connectivity index is 1.89. The van der Waals surface area contributed by atoms with Gasteiger partial charge in [-0.05, 0) is 52.4 Å². The van der Waals surface area contributed by atoms with Crippen LogP contribution in [0, 0.1) is 0 Å². The van der Waals surface area contributed by atoms with Crippen LogP contribution in [-0.4, -0.2) is 11.5 Å². The first-order valence-corrected chi connectivity index (χ1v) is 7.43. The molecule has 88 valence electrons. The lowest BCUT2D eigenvalue weighted by atomic mass is 10.2. The number of pyridine rings is 1. The first-order chi connectivity index (χ1) is 8.34. The summed E-state index contributed by atoms with van der Waals surface area (Å²) in [7, 11) is 0. The van der Waals surface area contributed by atoms with E-state index in [2.05, 4.69) is 55.5 Å². The maximum absolute atomic E-state index is 4.50. The van der Waals surface area contributed by atoms with E-state index >= 15 is 0 Å². The molecule has 0 N–H and O–H groups in total. The molecule has 17 heavy (non-hydrogen) atoms. The van der Waals surface area contributed by atoms with E-state index in [0.717, 1.165) is 16.8 Å². The summed E-state index contributed by atoms with van der Waals surface area (Å²) in [6, 6.07) is 9.03. The predicted octanol–water partition coefficient (Wildman–Crippen LogP) is 4.25. The minimum atomic E-state index is 0.517. The third kappa shape index (κ3) is 2.24. The zero-order valence-electron chi connectivity index (χ0n) is 9.34. The van der Waals surface area contributed by atoms with Gasteiger partial charge in [0.1, 0.15) is 5.82 Å². The fourth-order valence-corrected chi connectivity index (χ4v) is 3.46. The van der Waals surface area contributed by atoms with Gasteiger partial charge >= 0.3 is 0 Å². The fraction of sp³-hybridized carbons (Fsp3) is 0.308. The van der Waals surface area contributed by atoms with Crippen molar-refractivity contribution in [1.82, 2.24) is 4.98 Å².